The third-order valence-electron chi connectivity index (χ3n) is 2.15. The Hall–Kier alpha value is -1.89. The predicted molar refractivity (Wildman–Crippen MR) is 64.0 cm³/mol. The lowest BCUT2D eigenvalue weighted by Crippen LogP contribution is -1.98. The molecular weight excluding hydrogens is 257 g/mol. The zero-order valence-corrected chi connectivity index (χ0v) is 10.3. The average molecular weight is 267 g/mol. The monoisotopic (exact) mass is 267 g/mol. The Labute approximate surface area is 106 Å². The van der Waals surface area contributed by atoms with Crippen LogP contribution in [0.3, 0.4) is 0 Å². The van der Waals surface area contributed by atoms with Gasteiger partial charge in [-0.15, -0.1) is 5.10 Å². The maximum Gasteiger partial charge on any atom is 0.335 e. The van der Waals surface area contributed by atoms with Crippen LogP contribution in [0, 0.1) is 12.7 Å². The molecule has 0 unspecified atom stereocenters. The first-order valence-corrected chi connectivity index (χ1v) is 6.08. The van der Waals surface area contributed by atoms with E-state index in [4.69, 9.17) is 5.11 Å². The van der Waals surface area contributed by atoms with Crippen molar-refractivity contribution < 1.29 is 14.3 Å². The quantitative estimate of drug-likeness (QED) is 0.830. The molecule has 0 aliphatic rings. The lowest BCUT2D eigenvalue weighted by Gasteiger charge is -2.01. The zero-order chi connectivity index (χ0) is 13.1. The Morgan fingerprint density at radius 3 is 2.89 bits per heavy atom. The highest BCUT2D eigenvalue weighted by molar-refractivity contribution is 7.98. The number of halogens is 1. The fraction of sp³-hybridized carbons (Fsp3) is 0.182. The molecule has 0 radical (unpaired) electrons. The summed E-state index contributed by atoms with van der Waals surface area (Å²) in [5, 5.41) is 16.0. The summed E-state index contributed by atoms with van der Waals surface area (Å²) in [5.74, 6) is -0.593. The van der Waals surface area contributed by atoms with Crippen LogP contribution in [-0.4, -0.2) is 26.3 Å². The van der Waals surface area contributed by atoms with Crippen LogP contribution < -0.4 is 0 Å². The van der Waals surface area contributed by atoms with E-state index in [1.165, 1.54) is 23.9 Å². The second kappa shape index (κ2) is 5.18. The van der Waals surface area contributed by atoms with Gasteiger partial charge in [0.05, 0.1) is 5.56 Å². The molecule has 18 heavy (non-hydrogen) atoms. The van der Waals surface area contributed by atoms with Crippen LogP contribution in [0.5, 0.6) is 0 Å². The summed E-state index contributed by atoms with van der Waals surface area (Å²) in [7, 11) is 0. The molecule has 0 saturated heterocycles. The molecule has 2 N–H and O–H groups in total. The molecule has 0 bridgehead atoms. The van der Waals surface area contributed by atoms with E-state index >= 15 is 0 Å². The predicted octanol–water partition coefficient (Wildman–Crippen LogP) is 2.24. The summed E-state index contributed by atoms with van der Waals surface area (Å²) >= 11 is 1.31. The van der Waals surface area contributed by atoms with Gasteiger partial charge in [-0.2, -0.15) is 0 Å². The van der Waals surface area contributed by atoms with Gasteiger partial charge in [-0.25, -0.2) is 14.2 Å². The first-order chi connectivity index (χ1) is 8.54. The van der Waals surface area contributed by atoms with Crippen molar-refractivity contribution in [1.82, 2.24) is 15.2 Å². The molecule has 0 saturated carbocycles. The number of benzene rings is 1. The molecule has 94 valence electrons. The van der Waals surface area contributed by atoms with Gasteiger partial charge in [0.25, 0.3) is 0 Å². The van der Waals surface area contributed by atoms with Crippen LogP contribution in [0.25, 0.3) is 0 Å². The molecule has 1 aromatic heterocycles. The van der Waals surface area contributed by atoms with Crippen LogP contribution in [0.15, 0.2) is 23.4 Å². The van der Waals surface area contributed by atoms with Crippen molar-refractivity contribution >= 4 is 17.7 Å². The molecule has 2 rings (SSSR count). The van der Waals surface area contributed by atoms with Gasteiger partial charge in [0.2, 0.25) is 5.16 Å². The minimum Gasteiger partial charge on any atom is -0.478 e. The Morgan fingerprint density at radius 2 is 2.28 bits per heavy atom. The highest BCUT2D eigenvalue weighted by Gasteiger charge is 2.08. The summed E-state index contributed by atoms with van der Waals surface area (Å²) in [5.41, 5.74) is 0.525. The second-order valence-corrected chi connectivity index (χ2v) is 4.59. The molecule has 1 heterocycles. The number of aromatic amines is 1. The number of carboxylic acids is 1. The third kappa shape index (κ3) is 3.07. The van der Waals surface area contributed by atoms with Gasteiger partial charge >= 0.3 is 5.97 Å². The van der Waals surface area contributed by atoms with Gasteiger partial charge in [0.1, 0.15) is 11.6 Å². The van der Waals surface area contributed by atoms with Crippen LogP contribution in [0.1, 0.15) is 21.7 Å². The summed E-state index contributed by atoms with van der Waals surface area (Å²) in [6.07, 6.45) is 0. The normalized spacial score (nSPS) is 10.6. The first kappa shape index (κ1) is 12.6. The van der Waals surface area contributed by atoms with Crippen LogP contribution >= 0.6 is 11.8 Å². The molecule has 0 amide bonds. The van der Waals surface area contributed by atoms with Crippen molar-refractivity contribution in [3.63, 3.8) is 0 Å². The highest BCUT2D eigenvalue weighted by atomic mass is 32.2. The molecule has 1 aromatic carbocycles. The summed E-state index contributed by atoms with van der Waals surface area (Å²) in [6.45, 7) is 1.78. The lowest BCUT2D eigenvalue weighted by molar-refractivity contribution is 0.0696. The number of rotatable bonds is 4. The Morgan fingerprint density at radius 1 is 1.50 bits per heavy atom. The number of thioether (sulfide) groups is 1. The maximum absolute atomic E-state index is 13.2. The number of hydrogen-bond donors (Lipinski definition) is 2. The summed E-state index contributed by atoms with van der Waals surface area (Å²) in [4.78, 5) is 14.9. The van der Waals surface area contributed by atoms with Gasteiger partial charge in [0.15, 0.2) is 0 Å². The van der Waals surface area contributed by atoms with E-state index < -0.39 is 11.8 Å². The minimum atomic E-state index is -1.14. The van der Waals surface area contributed by atoms with Crippen molar-refractivity contribution in [2.24, 2.45) is 0 Å². The lowest BCUT2D eigenvalue weighted by atomic mass is 10.1. The molecule has 0 atom stereocenters. The molecule has 0 fully saturated rings. The number of aromatic carboxylic acids is 1. The van der Waals surface area contributed by atoms with Gasteiger partial charge < -0.3 is 5.11 Å². The fourth-order valence-electron chi connectivity index (χ4n) is 1.39. The minimum absolute atomic E-state index is 0.0585. The number of nitrogens with zero attached hydrogens (tertiary/aromatic N) is 2. The van der Waals surface area contributed by atoms with Crippen molar-refractivity contribution in [1.29, 1.82) is 0 Å². The number of carboxylic acid groups (broad SMARTS) is 1. The van der Waals surface area contributed by atoms with Crippen LogP contribution in [0.2, 0.25) is 0 Å². The van der Waals surface area contributed by atoms with Crippen molar-refractivity contribution in [2.45, 2.75) is 17.8 Å². The van der Waals surface area contributed by atoms with E-state index in [9.17, 15) is 9.18 Å². The van der Waals surface area contributed by atoms with Crippen molar-refractivity contribution in [3.05, 3.63) is 41.0 Å². The van der Waals surface area contributed by atoms with E-state index in [2.05, 4.69) is 15.2 Å². The first-order valence-electron chi connectivity index (χ1n) is 5.09. The van der Waals surface area contributed by atoms with Crippen molar-refractivity contribution in [3.8, 4) is 0 Å². The van der Waals surface area contributed by atoms with E-state index in [1.54, 1.807) is 6.92 Å². The molecule has 0 spiro atoms. The molecule has 0 aliphatic heterocycles. The number of aryl methyl sites for hydroxylation is 1. The van der Waals surface area contributed by atoms with Gasteiger partial charge in [-0.1, -0.05) is 11.8 Å². The molecule has 5 nitrogen and oxygen atoms in total. The number of hydrogen-bond acceptors (Lipinski definition) is 4. The smallest absolute Gasteiger partial charge is 0.335 e. The second-order valence-electron chi connectivity index (χ2n) is 3.65. The molecule has 0 aliphatic carbocycles. The van der Waals surface area contributed by atoms with Crippen LogP contribution in [-0.2, 0) is 5.75 Å². The molecule has 2 aromatic rings. The van der Waals surface area contributed by atoms with Crippen molar-refractivity contribution in [2.75, 3.05) is 0 Å². The Balaban J connectivity index is 2.11. The Bertz CT molecular complexity index is 585. The highest BCUT2D eigenvalue weighted by Crippen LogP contribution is 2.20. The van der Waals surface area contributed by atoms with Gasteiger partial charge in [-0.3, -0.25) is 5.10 Å². The van der Waals surface area contributed by atoms with Gasteiger partial charge in [-0.05, 0) is 30.7 Å². The van der Waals surface area contributed by atoms with Crippen LogP contribution in [0.4, 0.5) is 4.39 Å². The topological polar surface area (TPSA) is 78.9 Å². The summed E-state index contributed by atoms with van der Waals surface area (Å²) in [6, 6.07) is 3.74. The number of H-pyrrole nitrogens is 1. The number of nitrogens with one attached hydrogen (secondary N) is 1. The molecular formula is C11H10FN3O2S. The summed E-state index contributed by atoms with van der Waals surface area (Å²) < 4.78 is 13.2. The molecule has 7 heteroatoms. The number of aromatic nitrogens is 3. The van der Waals surface area contributed by atoms with E-state index in [0.29, 0.717) is 22.3 Å². The van der Waals surface area contributed by atoms with E-state index in [1.807, 2.05) is 0 Å². The third-order valence-corrected chi connectivity index (χ3v) is 3.07. The average Bonchev–Trinajstić information content (AvgIpc) is 2.72. The zero-order valence-electron chi connectivity index (χ0n) is 9.48. The van der Waals surface area contributed by atoms with E-state index in [0.717, 1.165) is 6.07 Å². The standard InChI is InChI=1S/C11H10FN3O2S/c1-6-13-11(15-14-6)18-5-7-2-8(10(16)17)4-9(12)3-7/h2-4H,5H2,1H3,(H,16,17)(H,13,14,15). The number of carbonyl (C=O) groups is 1. The maximum atomic E-state index is 13.2. The van der Waals surface area contributed by atoms with E-state index in [-0.39, 0.29) is 5.56 Å². The fourth-order valence-corrected chi connectivity index (χ4v) is 2.17. The SMILES string of the molecule is Cc1nc(SCc2cc(F)cc(C(=O)O)c2)n[nH]1. The van der Waals surface area contributed by atoms with Gasteiger partial charge in [0, 0.05) is 5.75 Å². The largest absolute Gasteiger partial charge is 0.478 e. The Kier molecular flexibility index (Phi) is 3.61.